The van der Waals surface area contributed by atoms with Gasteiger partial charge in [-0.25, -0.2) is 0 Å². The first-order chi connectivity index (χ1) is 27.1. The van der Waals surface area contributed by atoms with Crippen LogP contribution in [0.1, 0.15) is 174 Å². The molecule has 0 rings (SSSR count). The van der Waals surface area contributed by atoms with E-state index >= 15 is 0 Å². The number of phosphoric ester groups is 1. The first-order valence-corrected chi connectivity index (χ1v) is 24.0. The van der Waals surface area contributed by atoms with Gasteiger partial charge < -0.3 is 27.9 Å². The summed E-state index contributed by atoms with van der Waals surface area (Å²) in [5.41, 5.74) is 0. The molecule has 56 heavy (non-hydrogen) atoms. The second kappa shape index (κ2) is 40.0. The third kappa shape index (κ3) is 43.3. The maximum Gasteiger partial charge on any atom is 0.306 e. The summed E-state index contributed by atoms with van der Waals surface area (Å²) in [5.74, 6) is -0.349. The largest absolute Gasteiger partial charge is 0.756 e. The van der Waals surface area contributed by atoms with E-state index in [1.165, 1.54) is 70.6 Å². The molecule has 0 aromatic carbocycles. The maximum atomic E-state index is 12.7. The summed E-state index contributed by atoms with van der Waals surface area (Å²) in [5, 5.41) is 0. The average molecular weight is 808 g/mol. The SMILES string of the molecule is CC/C=C\C/C=C\C/C=C\C/C=C\CCCCCCCCCOCC(COP(=O)([O-])OCC[N+](C)(C)C)OC(=O)CCCCCCC/C=C\CCCCCCC. The van der Waals surface area contributed by atoms with E-state index in [1.807, 2.05) is 21.1 Å². The third-order valence-electron chi connectivity index (χ3n) is 9.30. The van der Waals surface area contributed by atoms with Crippen LogP contribution in [0.4, 0.5) is 0 Å². The van der Waals surface area contributed by atoms with Crippen molar-refractivity contribution in [1.29, 1.82) is 0 Å². The van der Waals surface area contributed by atoms with Gasteiger partial charge in [-0.15, -0.1) is 0 Å². The fourth-order valence-electron chi connectivity index (χ4n) is 5.82. The summed E-state index contributed by atoms with van der Waals surface area (Å²) in [6.45, 7) is 5.24. The highest BCUT2D eigenvalue weighted by molar-refractivity contribution is 7.45. The van der Waals surface area contributed by atoms with Gasteiger partial charge in [0.05, 0.1) is 34.4 Å². The van der Waals surface area contributed by atoms with Crippen molar-refractivity contribution in [3.05, 3.63) is 60.8 Å². The number of esters is 1. The molecule has 8 nitrogen and oxygen atoms in total. The zero-order valence-corrected chi connectivity index (χ0v) is 37.7. The van der Waals surface area contributed by atoms with Crippen molar-refractivity contribution in [1.82, 2.24) is 0 Å². The summed E-state index contributed by atoms with van der Waals surface area (Å²) in [6.07, 6.45) is 49.4. The van der Waals surface area contributed by atoms with Crippen molar-refractivity contribution in [2.24, 2.45) is 0 Å². The summed E-state index contributed by atoms with van der Waals surface area (Å²) in [4.78, 5) is 25.0. The standard InChI is InChI=1S/C47H86NO7P/c1-6-8-10-12-14-16-18-20-22-23-24-25-26-27-29-31-33-35-37-39-42-52-44-46(45-54-56(50,51)53-43-41-48(3,4)5)55-47(49)40-38-36-34-32-30-28-21-19-17-15-13-11-9-7-2/h8,10,14,16,19-22,24-25,46H,6-7,9,11-13,15,17-18,23,26-45H2,1-5H3/b10-8-,16-14-,21-19-,22-20-,25-24-. The predicted octanol–water partition coefficient (Wildman–Crippen LogP) is 12.7. The number of nitrogens with zero attached hydrogens (tertiary/aromatic N) is 1. The van der Waals surface area contributed by atoms with Gasteiger partial charge in [0.2, 0.25) is 0 Å². The fraction of sp³-hybridized carbons (Fsp3) is 0.766. The van der Waals surface area contributed by atoms with Crippen LogP contribution < -0.4 is 4.89 Å². The average Bonchev–Trinajstić information content (AvgIpc) is 3.15. The monoisotopic (exact) mass is 808 g/mol. The highest BCUT2D eigenvalue weighted by atomic mass is 31.2. The number of carbonyl (C=O) groups is 1. The molecule has 0 amide bonds. The number of allylic oxidation sites excluding steroid dienone is 10. The Bertz CT molecular complexity index is 1080. The van der Waals surface area contributed by atoms with E-state index in [9.17, 15) is 14.3 Å². The zero-order valence-electron chi connectivity index (χ0n) is 36.8. The lowest BCUT2D eigenvalue weighted by atomic mass is 10.1. The molecule has 0 aliphatic carbocycles. The van der Waals surface area contributed by atoms with Crippen LogP contribution in [0.15, 0.2) is 60.8 Å². The highest BCUT2D eigenvalue weighted by Crippen LogP contribution is 2.38. The quantitative estimate of drug-likeness (QED) is 0.0200. The van der Waals surface area contributed by atoms with Crippen molar-refractivity contribution in [2.45, 2.75) is 180 Å². The Kier molecular flexibility index (Phi) is 38.7. The molecule has 2 unspecified atom stereocenters. The van der Waals surface area contributed by atoms with Gasteiger partial charge in [0.25, 0.3) is 7.82 Å². The Labute approximate surface area is 345 Å². The van der Waals surface area contributed by atoms with Crippen LogP contribution in [0.25, 0.3) is 0 Å². The van der Waals surface area contributed by atoms with Gasteiger partial charge in [-0.05, 0) is 77.0 Å². The van der Waals surface area contributed by atoms with Gasteiger partial charge >= 0.3 is 5.97 Å². The minimum absolute atomic E-state index is 0.0198. The number of carbonyl (C=O) groups excluding carboxylic acids is 1. The van der Waals surface area contributed by atoms with E-state index in [0.717, 1.165) is 83.5 Å². The molecule has 326 valence electrons. The molecule has 0 aliphatic heterocycles. The van der Waals surface area contributed by atoms with Gasteiger partial charge in [-0.1, -0.05) is 152 Å². The molecule has 0 saturated heterocycles. The first-order valence-electron chi connectivity index (χ1n) is 22.5. The summed E-state index contributed by atoms with van der Waals surface area (Å²) >= 11 is 0. The predicted molar refractivity (Wildman–Crippen MR) is 236 cm³/mol. The Morgan fingerprint density at radius 3 is 1.57 bits per heavy atom. The van der Waals surface area contributed by atoms with Gasteiger partial charge in [-0.2, -0.15) is 0 Å². The highest BCUT2D eigenvalue weighted by Gasteiger charge is 2.20. The molecular formula is C47H86NO7P. The van der Waals surface area contributed by atoms with E-state index in [1.54, 1.807) is 0 Å². The number of phosphoric acid groups is 1. The molecule has 0 heterocycles. The third-order valence-corrected chi connectivity index (χ3v) is 10.3. The lowest BCUT2D eigenvalue weighted by molar-refractivity contribution is -0.870. The van der Waals surface area contributed by atoms with E-state index in [4.69, 9.17) is 18.5 Å². The van der Waals surface area contributed by atoms with Crippen molar-refractivity contribution >= 4 is 13.8 Å². The molecule has 0 N–H and O–H groups in total. The topological polar surface area (TPSA) is 94.1 Å². The molecule has 9 heteroatoms. The smallest absolute Gasteiger partial charge is 0.306 e. The molecule has 0 aromatic heterocycles. The van der Waals surface area contributed by atoms with Crippen LogP contribution in [0.5, 0.6) is 0 Å². The maximum absolute atomic E-state index is 12.7. The number of rotatable bonds is 41. The second-order valence-corrected chi connectivity index (χ2v) is 17.4. The molecule has 0 saturated carbocycles. The number of ether oxygens (including phenoxy) is 2. The summed E-state index contributed by atoms with van der Waals surface area (Å²) in [6, 6.07) is 0. The molecule has 2 atom stereocenters. The Morgan fingerprint density at radius 1 is 0.571 bits per heavy atom. The Balaban J connectivity index is 4.25. The Hall–Kier alpha value is -1.80. The van der Waals surface area contributed by atoms with E-state index in [2.05, 4.69) is 74.6 Å². The second-order valence-electron chi connectivity index (χ2n) is 16.0. The molecule has 0 spiro atoms. The van der Waals surface area contributed by atoms with Crippen LogP contribution in [0.3, 0.4) is 0 Å². The van der Waals surface area contributed by atoms with Crippen molar-refractivity contribution < 1.29 is 37.3 Å². The van der Waals surface area contributed by atoms with Crippen LogP contribution in [0, 0.1) is 0 Å². The molecular weight excluding hydrogens is 721 g/mol. The fourth-order valence-corrected chi connectivity index (χ4v) is 6.55. The van der Waals surface area contributed by atoms with Crippen molar-refractivity contribution in [3.8, 4) is 0 Å². The minimum Gasteiger partial charge on any atom is -0.756 e. The molecule has 0 radical (unpaired) electrons. The summed E-state index contributed by atoms with van der Waals surface area (Å²) in [7, 11) is 1.34. The number of hydrogen-bond acceptors (Lipinski definition) is 7. The van der Waals surface area contributed by atoms with E-state index in [0.29, 0.717) is 24.1 Å². The minimum atomic E-state index is -4.53. The van der Waals surface area contributed by atoms with Crippen LogP contribution >= 0.6 is 7.82 Å². The Morgan fingerprint density at radius 2 is 1.04 bits per heavy atom. The van der Waals surface area contributed by atoms with Gasteiger partial charge in [0, 0.05) is 13.0 Å². The van der Waals surface area contributed by atoms with Gasteiger partial charge in [0.1, 0.15) is 19.3 Å². The molecule has 0 bridgehead atoms. The summed E-state index contributed by atoms with van der Waals surface area (Å²) < 4.78 is 34.6. The van der Waals surface area contributed by atoms with Crippen LogP contribution in [-0.2, 0) is 27.9 Å². The van der Waals surface area contributed by atoms with E-state index in [-0.39, 0.29) is 25.8 Å². The normalized spacial score (nSPS) is 14.3. The van der Waals surface area contributed by atoms with Crippen molar-refractivity contribution in [3.63, 3.8) is 0 Å². The lowest BCUT2D eigenvalue weighted by Gasteiger charge is -2.28. The number of unbranched alkanes of at least 4 members (excludes halogenated alkanes) is 17. The first kappa shape index (κ1) is 54.2. The van der Waals surface area contributed by atoms with Gasteiger partial charge in [0.15, 0.2) is 0 Å². The number of likely N-dealkylation sites (N-methyl/N-ethyl adjacent to an activating group) is 1. The molecule has 0 aliphatic rings. The van der Waals surface area contributed by atoms with E-state index < -0.39 is 13.9 Å². The molecule has 0 aromatic rings. The number of quaternary nitrogens is 1. The van der Waals surface area contributed by atoms with Crippen LogP contribution in [0.2, 0.25) is 0 Å². The lowest BCUT2D eigenvalue weighted by Crippen LogP contribution is -2.37. The molecule has 0 fully saturated rings. The zero-order chi connectivity index (χ0) is 41.3. The van der Waals surface area contributed by atoms with Gasteiger partial charge in [-0.3, -0.25) is 9.36 Å². The van der Waals surface area contributed by atoms with Crippen LogP contribution in [-0.4, -0.2) is 70.7 Å². The number of hydrogen-bond donors (Lipinski definition) is 0. The van der Waals surface area contributed by atoms with Crippen molar-refractivity contribution in [2.75, 3.05) is 54.1 Å².